The van der Waals surface area contributed by atoms with Gasteiger partial charge in [0.1, 0.15) is 10.9 Å². The Labute approximate surface area is 184 Å². The molecule has 0 bridgehead atoms. The van der Waals surface area contributed by atoms with E-state index in [2.05, 4.69) is 0 Å². The van der Waals surface area contributed by atoms with Crippen molar-refractivity contribution in [1.82, 2.24) is 5.01 Å². The number of halogens is 2. The Morgan fingerprint density at radius 2 is 2.19 bits per heavy atom. The van der Waals surface area contributed by atoms with Crippen molar-refractivity contribution in [3.8, 4) is 5.75 Å². The number of allylic oxidation sites excluding steroid dienone is 5. The summed E-state index contributed by atoms with van der Waals surface area (Å²) in [6, 6.07) is 4.76. The zero-order valence-corrected chi connectivity index (χ0v) is 18.3. The highest BCUT2D eigenvalue weighted by Crippen LogP contribution is 2.58. The smallest absolute Gasteiger partial charge is 0.241 e. The number of nitrogens with zero attached hydrogens (tertiary/aromatic N) is 2. The highest BCUT2D eigenvalue weighted by atomic mass is 32.2. The van der Waals surface area contributed by atoms with Gasteiger partial charge in [0.15, 0.2) is 16.4 Å². The molecule has 0 aromatic heterocycles. The van der Waals surface area contributed by atoms with Crippen LogP contribution in [0.5, 0.6) is 5.75 Å². The van der Waals surface area contributed by atoms with E-state index in [1.54, 1.807) is 18.2 Å². The molecule has 0 fully saturated rings. The van der Waals surface area contributed by atoms with E-state index >= 15 is 0 Å². The summed E-state index contributed by atoms with van der Waals surface area (Å²) in [5.41, 5.74) is 8.31. The van der Waals surface area contributed by atoms with Crippen molar-refractivity contribution in [3.05, 3.63) is 64.8 Å². The van der Waals surface area contributed by atoms with Gasteiger partial charge in [-0.05, 0) is 62.1 Å². The molecule has 5 nitrogen and oxygen atoms in total. The van der Waals surface area contributed by atoms with Crippen molar-refractivity contribution in [1.29, 1.82) is 0 Å². The molecule has 4 rings (SSSR count). The fourth-order valence-corrected chi connectivity index (χ4v) is 6.05. The van der Waals surface area contributed by atoms with Crippen LogP contribution in [0.15, 0.2) is 58.5 Å². The summed E-state index contributed by atoms with van der Waals surface area (Å²) in [5.74, 6) is -1.00. The second-order valence-electron chi connectivity index (χ2n) is 7.86. The Kier molecular flexibility index (Phi) is 6.03. The number of hydrazone groups is 1. The number of fused-ring (bicyclic) bond motifs is 2. The van der Waals surface area contributed by atoms with Crippen LogP contribution in [0.4, 0.5) is 8.78 Å². The Morgan fingerprint density at radius 3 is 2.94 bits per heavy atom. The molecule has 1 spiro atoms. The van der Waals surface area contributed by atoms with Crippen molar-refractivity contribution in [2.75, 3.05) is 13.2 Å². The molecule has 31 heavy (non-hydrogen) atoms. The number of hydrogen-bond acceptors (Lipinski definition) is 5. The molecule has 0 radical (unpaired) electrons. The fraction of sp³-hybridized carbons (Fsp3) is 0.391. The summed E-state index contributed by atoms with van der Waals surface area (Å²) in [6.07, 6.45) is 6.39. The number of nitrogens with two attached hydrogens (primary N) is 1. The van der Waals surface area contributed by atoms with Gasteiger partial charge in [-0.1, -0.05) is 30.0 Å². The first-order valence-electron chi connectivity index (χ1n) is 10.3. The molecule has 1 aromatic rings. The van der Waals surface area contributed by atoms with Crippen molar-refractivity contribution in [3.63, 3.8) is 0 Å². The summed E-state index contributed by atoms with van der Waals surface area (Å²) < 4.78 is 34.1. The molecule has 0 saturated heterocycles. The van der Waals surface area contributed by atoms with E-state index in [0.717, 1.165) is 11.1 Å². The molecule has 8 heteroatoms. The molecule has 2 unspecified atom stereocenters. The molecular formula is C23H25F2N3O2S. The summed E-state index contributed by atoms with van der Waals surface area (Å²) in [7, 11) is 0. The van der Waals surface area contributed by atoms with Crippen LogP contribution in [0.1, 0.15) is 38.7 Å². The zero-order valence-electron chi connectivity index (χ0n) is 17.5. The van der Waals surface area contributed by atoms with E-state index < -0.39 is 10.7 Å². The number of para-hydroxylation sites is 1. The number of thioether (sulfide) groups is 1. The van der Waals surface area contributed by atoms with Crippen molar-refractivity contribution < 1.29 is 18.3 Å². The molecule has 2 N–H and O–H groups in total. The van der Waals surface area contributed by atoms with Gasteiger partial charge in [0.25, 0.3) is 0 Å². The largest absolute Gasteiger partial charge is 0.490 e. The fourth-order valence-electron chi connectivity index (χ4n) is 4.36. The molecule has 3 aliphatic rings. The highest BCUT2D eigenvalue weighted by molar-refractivity contribution is 8.15. The Hall–Kier alpha value is -2.45. The minimum Gasteiger partial charge on any atom is -0.490 e. The normalized spacial score (nSPS) is 28.9. The summed E-state index contributed by atoms with van der Waals surface area (Å²) in [4.78, 5) is 11.8. The Balaban J connectivity index is 1.86. The molecule has 1 aromatic carbocycles. The van der Waals surface area contributed by atoms with Gasteiger partial charge in [0, 0.05) is 18.4 Å². The lowest BCUT2D eigenvalue weighted by Crippen LogP contribution is -2.51. The third-order valence-corrected chi connectivity index (χ3v) is 7.43. The monoisotopic (exact) mass is 445 g/mol. The summed E-state index contributed by atoms with van der Waals surface area (Å²) in [6.45, 7) is 4.00. The molecular weight excluding hydrogens is 420 g/mol. The van der Waals surface area contributed by atoms with E-state index in [9.17, 15) is 13.6 Å². The van der Waals surface area contributed by atoms with E-state index in [1.807, 2.05) is 6.92 Å². The van der Waals surface area contributed by atoms with Crippen LogP contribution in [0, 0.1) is 11.7 Å². The van der Waals surface area contributed by atoms with Crippen molar-refractivity contribution in [2.24, 2.45) is 16.8 Å². The summed E-state index contributed by atoms with van der Waals surface area (Å²) >= 11 is 1.44. The van der Waals surface area contributed by atoms with E-state index in [1.165, 1.54) is 41.9 Å². The maximum absolute atomic E-state index is 14.6. The molecule has 0 saturated carbocycles. The molecule has 164 valence electrons. The van der Waals surface area contributed by atoms with Gasteiger partial charge in [-0.2, -0.15) is 5.10 Å². The quantitative estimate of drug-likeness (QED) is 0.728. The van der Waals surface area contributed by atoms with Crippen LogP contribution in [0.25, 0.3) is 0 Å². The highest BCUT2D eigenvalue weighted by Gasteiger charge is 2.56. The minimum absolute atomic E-state index is 0.152. The number of rotatable bonds is 3. The number of carbonyl (C=O) groups excluding carboxylic acids is 1. The predicted octanol–water partition coefficient (Wildman–Crippen LogP) is 4.76. The lowest BCUT2D eigenvalue weighted by atomic mass is 9.86. The van der Waals surface area contributed by atoms with Gasteiger partial charge < -0.3 is 10.5 Å². The topological polar surface area (TPSA) is 67.9 Å². The van der Waals surface area contributed by atoms with Gasteiger partial charge in [-0.25, -0.2) is 13.8 Å². The van der Waals surface area contributed by atoms with E-state index in [-0.39, 0.29) is 30.0 Å². The molecule has 2 atom stereocenters. The van der Waals surface area contributed by atoms with E-state index in [0.29, 0.717) is 36.4 Å². The SMILES string of the molecule is CC(=O)N1N=C(/C2=C(C)/C=C\C(F)=CCC2)SC12c1cccc(F)c1OCC2CCN. The van der Waals surface area contributed by atoms with E-state index in [4.69, 9.17) is 15.6 Å². The van der Waals surface area contributed by atoms with Gasteiger partial charge in [-0.15, -0.1) is 0 Å². The summed E-state index contributed by atoms with van der Waals surface area (Å²) in [5, 5.41) is 6.88. The van der Waals surface area contributed by atoms with Crippen LogP contribution in [-0.2, 0) is 9.67 Å². The van der Waals surface area contributed by atoms with Gasteiger partial charge in [0.2, 0.25) is 5.91 Å². The lowest BCUT2D eigenvalue weighted by Gasteiger charge is -2.45. The van der Waals surface area contributed by atoms with Crippen molar-refractivity contribution in [2.45, 2.75) is 38.0 Å². The number of hydrogen-bond donors (Lipinski definition) is 1. The van der Waals surface area contributed by atoms with Gasteiger partial charge >= 0.3 is 0 Å². The second-order valence-corrected chi connectivity index (χ2v) is 9.07. The standard InChI is InChI=1S/C23H25F2N3O2S/c1-14-9-10-17(24)5-3-6-18(14)22-27-28(15(2)29)23(31-22)16(11-12-26)13-30-21-19(23)7-4-8-20(21)25/h4-5,7-10,16H,3,6,11-13,26H2,1-2H3/b10-9-,17-5?,18-14+. The third-order valence-electron chi connectivity index (χ3n) is 5.87. The maximum atomic E-state index is 14.6. The molecule has 2 heterocycles. The minimum atomic E-state index is -0.948. The van der Waals surface area contributed by atoms with Gasteiger partial charge in [-0.3, -0.25) is 4.79 Å². The van der Waals surface area contributed by atoms with Gasteiger partial charge in [0.05, 0.1) is 6.61 Å². The molecule has 2 aliphatic heterocycles. The zero-order chi connectivity index (χ0) is 22.2. The first-order chi connectivity index (χ1) is 14.9. The molecule has 1 aliphatic carbocycles. The number of benzene rings is 1. The van der Waals surface area contributed by atoms with Crippen LogP contribution in [-0.4, -0.2) is 29.1 Å². The van der Waals surface area contributed by atoms with Crippen LogP contribution in [0.3, 0.4) is 0 Å². The first-order valence-corrected chi connectivity index (χ1v) is 11.1. The number of amides is 1. The average molecular weight is 446 g/mol. The van der Waals surface area contributed by atoms with Crippen molar-refractivity contribution >= 4 is 22.7 Å². The molecule has 1 amide bonds. The number of carbonyl (C=O) groups is 1. The Bertz CT molecular complexity index is 1030. The predicted molar refractivity (Wildman–Crippen MR) is 119 cm³/mol. The van der Waals surface area contributed by atoms with Crippen LogP contribution < -0.4 is 10.5 Å². The number of ether oxygens (including phenoxy) is 1. The van der Waals surface area contributed by atoms with Crippen LogP contribution >= 0.6 is 11.8 Å². The Morgan fingerprint density at radius 1 is 1.39 bits per heavy atom. The third kappa shape index (κ3) is 3.72. The van der Waals surface area contributed by atoms with Crippen LogP contribution in [0.2, 0.25) is 0 Å². The lowest BCUT2D eigenvalue weighted by molar-refractivity contribution is -0.134. The maximum Gasteiger partial charge on any atom is 0.241 e. The first kappa shape index (κ1) is 21.8. The second kappa shape index (κ2) is 8.59. The average Bonchev–Trinajstić information content (AvgIpc) is 3.12.